The molecule has 0 radical (unpaired) electrons. The molecule has 0 amide bonds. The molecule has 0 aliphatic carbocycles. The van der Waals surface area contributed by atoms with E-state index in [4.69, 9.17) is 4.74 Å². The summed E-state index contributed by atoms with van der Waals surface area (Å²) < 4.78 is 5.65. The van der Waals surface area contributed by atoms with Gasteiger partial charge in [0.25, 0.3) is 0 Å². The predicted molar refractivity (Wildman–Crippen MR) is 121 cm³/mol. The van der Waals surface area contributed by atoms with Gasteiger partial charge in [0.1, 0.15) is 11.5 Å². The molecule has 0 spiro atoms. The van der Waals surface area contributed by atoms with Crippen molar-refractivity contribution < 1.29 is 14.6 Å². The molecule has 0 bridgehead atoms. The van der Waals surface area contributed by atoms with Gasteiger partial charge >= 0.3 is 5.97 Å². The van der Waals surface area contributed by atoms with Gasteiger partial charge in [-0.05, 0) is 81.3 Å². The third-order valence-corrected chi connectivity index (χ3v) is 5.38. The zero-order chi connectivity index (χ0) is 22.0. The largest absolute Gasteiger partial charge is 0.507 e. The zero-order valence-corrected chi connectivity index (χ0v) is 19.4. The van der Waals surface area contributed by atoms with E-state index in [0.717, 1.165) is 33.4 Å². The maximum atomic E-state index is 11.7. The van der Waals surface area contributed by atoms with Crippen molar-refractivity contribution in [1.29, 1.82) is 0 Å². The third-order valence-electron chi connectivity index (χ3n) is 5.38. The Morgan fingerprint density at radius 1 is 0.690 bits per heavy atom. The molecule has 3 heteroatoms. The quantitative estimate of drug-likeness (QED) is 0.407. The van der Waals surface area contributed by atoms with Crippen molar-refractivity contribution in [1.82, 2.24) is 0 Å². The lowest BCUT2D eigenvalue weighted by Gasteiger charge is -2.22. The topological polar surface area (TPSA) is 46.5 Å². The van der Waals surface area contributed by atoms with Gasteiger partial charge in [0.05, 0.1) is 0 Å². The molecule has 3 nitrogen and oxygen atoms in total. The molecule has 0 fully saturated rings. The number of hydrogen-bond acceptors (Lipinski definition) is 3. The minimum Gasteiger partial charge on any atom is -0.507 e. The molecule has 158 valence electrons. The van der Waals surface area contributed by atoms with Crippen molar-refractivity contribution in [2.75, 3.05) is 0 Å². The van der Waals surface area contributed by atoms with Crippen LogP contribution >= 0.6 is 0 Å². The first kappa shape index (κ1) is 23.0. The molecule has 29 heavy (non-hydrogen) atoms. The van der Waals surface area contributed by atoms with Crippen LogP contribution in [0.2, 0.25) is 0 Å². The number of ether oxygens (including phenoxy) is 1. The van der Waals surface area contributed by atoms with Gasteiger partial charge in [-0.3, -0.25) is 4.79 Å². The number of esters is 1. The van der Waals surface area contributed by atoms with Crippen LogP contribution in [-0.2, 0) is 4.79 Å². The number of rotatable bonds is 6. The lowest BCUT2D eigenvalue weighted by Crippen LogP contribution is -2.09. The fraction of sp³-hybridized carbons (Fsp3) is 0.500. The number of carbonyl (C=O) groups is 1. The van der Waals surface area contributed by atoms with Crippen molar-refractivity contribution >= 4 is 5.97 Å². The Morgan fingerprint density at radius 2 is 1.00 bits per heavy atom. The van der Waals surface area contributed by atoms with Crippen molar-refractivity contribution in [3.05, 3.63) is 46.5 Å². The molecule has 0 aromatic heterocycles. The number of hydrogen-bond donors (Lipinski definition) is 1. The van der Waals surface area contributed by atoms with Gasteiger partial charge in [-0.2, -0.15) is 0 Å². The molecule has 0 heterocycles. The number of benzene rings is 2. The lowest BCUT2D eigenvalue weighted by atomic mass is 9.86. The summed E-state index contributed by atoms with van der Waals surface area (Å²) in [7, 11) is 0. The Kier molecular flexibility index (Phi) is 7.15. The van der Waals surface area contributed by atoms with Crippen LogP contribution in [-0.4, -0.2) is 11.1 Å². The van der Waals surface area contributed by atoms with E-state index >= 15 is 0 Å². The second-order valence-electron chi connectivity index (χ2n) is 9.20. The standard InChI is InChI=1S/C26H36O3/c1-14(2)21-10-19(11-22(15(3)4)25(21)28)20-12-23(16(5)6)26(29-18(9)27)24(13-20)17(7)8/h10-17,28H,1-9H3. The van der Waals surface area contributed by atoms with Crippen LogP contribution in [0.1, 0.15) is 108 Å². The summed E-state index contributed by atoms with van der Waals surface area (Å²) in [5, 5.41) is 10.8. The van der Waals surface area contributed by atoms with Crippen LogP contribution in [0.25, 0.3) is 11.1 Å². The summed E-state index contributed by atoms with van der Waals surface area (Å²) in [6.45, 7) is 18.3. The van der Waals surface area contributed by atoms with E-state index < -0.39 is 0 Å². The van der Waals surface area contributed by atoms with Crippen LogP contribution in [0.3, 0.4) is 0 Å². The Labute approximate surface area is 176 Å². The molecule has 2 aromatic carbocycles. The number of aromatic hydroxyl groups is 1. The van der Waals surface area contributed by atoms with Gasteiger partial charge in [0.2, 0.25) is 0 Å². The monoisotopic (exact) mass is 396 g/mol. The summed E-state index contributed by atoms with van der Waals surface area (Å²) in [5.74, 6) is 1.68. The minimum absolute atomic E-state index is 0.216. The first-order chi connectivity index (χ1) is 13.4. The molecule has 0 unspecified atom stereocenters. The summed E-state index contributed by atoms with van der Waals surface area (Å²) in [5.41, 5.74) is 6.18. The lowest BCUT2D eigenvalue weighted by molar-refractivity contribution is -0.132. The maximum absolute atomic E-state index is 11.7. The zero-order valence-electron chi connectivity index (χ0n) is 19.4. The summed E-state index contributed by atoms with van der Waals surface area (Å²) in [6, 6.07) is 8.46. The van der Waals surface area contributed by atoms with Gasteiger partial charge in [-0.1, -0.05) is 55.4 Å². The second kappa shape index (κ2) is 9.02. The Balaban J connectivity index is 2.83. The second-order valence-corrected chi connectivity index (χ2v) is 9.20. The fourth-order valence-electron chi connectivity index (χ4n) is 3.69. The first-order valence-electron chi connectivity index (χ1n) is 10.7. The van der Waals surface area contributed by atoms with Gasteiger partial charge in [0.15, 0.2) is 0 Å². The SMILES string of the molecule is CC(=O)Oc1c(C(C)C)cc(-c2cc(C(C)C)c(O)c(C(C)C)c2)cc1C(C)C. The van der Waals surface area contributed by atoms with Crippen LogP contribution in [0.5, 0.6) is 11.5 Å². The van der Waals surface area contributed by atoms with Crippen molar-refractivity contribution in [3.8, 4) is 22.6 Å². The van der Waals surface area contributed by atoms with E-state index in [9.17, 15) is 9.90 Å². The summed E-state index contributed by atoms with van der Waals surface area (Å²) in [4.78, 5) is 11.7. The van der Waals surface area contributed by atoms with Crippen LogP contribution in [0, 0.1) is 0 Å². The molecular formula is C26H36O3. The average molecular weight is 397 g/mol. The van der Waals surface area contributed by atoms with Crippen molar-refractivity contribution in [2.45, 2.75) is 86.0 Å². The summed E-state index contributed by atoms with van der Waals surface area (Å²) >= 11 is 0. The number of phenolic OH excluding ortho intramolecular Hbond substituents is 1. The Morgan fingerprint density at radius 3 is 1.28 bits per heavy atom. The third kappa shape index (κ3) is 5.01. The molecule has 0 atom stereocenters. The molecule has 1 N–H and O–H groups in total. The first-order valence-corrected chi connectivity index (χ1v) is 10.7. The fourth-order valence-corrected chi connectivity index (χ4v) is 3.69. The highest BCUT2D eigenvalue weighted by Crippen LogP contribution is 2.42. The smallest absolute Gasteiger partial charge is 0.308 e. The van der Waals surface area contributed by atoms with E-state index in [1.807, 2.05) is 0 Å². The van der Waals surface area contributed by atoms with E-state index in [1.165, 1.54) is 6.92 Å². The average Bonchev–Trinajstić information content (AvgIpc) is 2.60. The Hall–Kier alpha value is -2.29. The number of carbonyl (C=O) groups excluding carboxylic acids is 1. The van der Waals surface area contributed by atoms with E-state index in [-0.39, 0.29) is 29.6 Å². The predicted octanol–water partition coefficient (Wildman–Crippen LogP) is 7.48. The highest BCUT2D eigenvalue weighted by molar-refractivity contribution is 5.75. The highest BCUT2D eigenvalue weighted by Gasteiger charge is 2.21. The summed E-state index contributed by atoms with van der Waals surface area (Å²) in [6.07, 6.45) is 0. The van der Waals surface area contributed by atoms with Gasteiger partial charge in [0, 0.05) is 6.92 Å². The van der Waals surface area contributed by atoms with Gasteiger partial charge in [-0.15, -0.1) is 0 Å². The van der Waals surface area contributed by atoms with Crippen LogP contribution in [0.15, 0.2) is 24.3 Å². The number of phenols is 1. The van der Waals surface area contributed by atoms with Crippen molar-refractivity contribution in [3.63, 3.8) is 0 Å². The van der Waals surface area contributed by atoms with Crippen molar-refractivity contribution in [2.24, 2.45) is 0 Å². The van der Waals surface area contributed by atoms with Gasteiger partial charge < -0.3 is 9.84 Å². The molecule has 0 aliphatic heterocycles. The van der Waals surface area contributed by atoms with Crippen LogP contribution in [0.4, 0.5) is 0 Å². The molecule has 0 saturated carbocycles. The van der Waals surface area contributed by atoms with E-state index in [2.05, 4.69) is 79.7 Å². The maximum Gasteiger partial charge on any atom is 0.308 e. The molecule has 2 rings (SSSR count). The van der Waals surface area contributed by atoms with E-state index in [1.54, 1.807) is 0 Å². The van der Waals surface area contributed by atoms with Crippen LogP contribution < -0.4 is 4.74 Å². The van der Waals surface area contributed by atoms with Gasteiger partial charge in [-0.25, -0.2) is 0 Å². The van der Waals surface area contributed by atoms with E-state index in [0.29, 0.717) is 11.5 Å². The molecule has 2 aromatic rings. The molecular weight excluding hydrogens is 360 g/mol. The minimum atomic E-state index is -0.296. The Bertz CT molecular complexity index is 831. The molecule has 0 saturated heterocycles. The normalized spacial score (nSPS) is 11.8. The highest BCUT2D eigenvalue weighted by atomic mass is 16.5. The molecule has 0 aliphatic rings.